The molecule has 0 aliphatic rings. The van der Waals surface area contributed by atoms with Crippen LogP contribution in [0.4, 0.5) is 4.39 Å². The summed E-state index contributed by atoms with van der Waals surface area (Å²) < 4.78 is 19.2. The number of halogens is 2. The molecule has 2 aromatic rings. The van der Waals surface area contributed by atoms with E-state index in [-0.39, 0.29) is 11.6 Å². The summed E-state index contributed by atoms with van der Waals surface area (Å²) >= 11 is 4.86. The van der Waals surface area contributed by atoms with Crippen molar-refractivity contribution in [2.75, 3.05) is 7.11 Å². The number of hydrogen-bond donors (Lipinski definition) is 0. The molecule has 5 heteroatoms. The third kappa shape index (κ3) is 2.10. The molecular formula is C11H9BrFNOS. The second-order valence-electron chi connectivity index (χ2n) is 3.22. The summed E-state index contributed by atoms with van der Waals surface area (Å²) in [5, 5.41) is 0.797. The Kier molecular flexibility index (Phi) is 3.25. The van der Waals surface area contributed by atoms with E-state index in [4.69, 9.17) is 4.74 Å². The van der Waals surface area contributed by atoms with E-state index in [1.807, 2.05) is 6.92 Å². The highest BCUT2D eigenvalue weighted by Crippen LogP contribution is 2.32. The van der Waals surface area contributed by atoms with Crippen molar-refractivity contribution < 1.29 is 9.13 Å². The fraction of sp³-hybridized carbons (Fsp3) is 0.182. The lowest BCUT2D eigenvalue weighted by atomic mass is 10.2. The highest BCUT2D eigenvalue weighted by atomic mass is 79.9. The molecule has 0 saturated heterocycles. The van der Waals surface area contributed by atoms with Crippen molar-refractivity contribution in [1.29, 1.82) is 0 Å². The van der Waals surface area contributed by atoms with Crippen molar-refractivity contribution in [3.05, 3.63) is 33.5 Å². The molecule has 0 bridgehead atoms. The Bertz CT molecular complexity index is 507. The number of hydrogen-bond acceptors (Lipinski definition) is 3. The topological polar surface area (TPSA) is 22.1 Å². The van der Waals surface area contributed by atoms with Crippen LogP contribution in [0.3, 0.4) is 0 Å². The van der Waals surface area contributed by atoms with Crippen molar-refractivity contribution in [2.45, 2.75) is 6.92 Å². The van der Waals surface area contributed by atoms with Crippen LogP contribution < -0.4 is 4.74 Å². The Hall–Kier alpha value is -0.940. The molecule has 84 valence electrons. The maximum absolute atomic E-state index is 13.5. The maximum Gasteiger partial charge on any atom is 0.165 e. The number of thiazole rings is 1. The summed E-state index contributed by atoms with van der Waals surface area (Å²) in [6, 6.07) is 4.84. The number of methoxy groups -OCH3 is 1. The molecule has 1 aromatic heterocycles. The first-order valence-electron chi connectivity index (χ1n) is 4.58. The Labute approximate surface area is 105 Å². The minimum absolute atomic E-state index is 0.246. The van der Waals surface area contributed by atoms with E-state index in [9.17, 15) is 4.39 Å². The smallest absolute Gasteiger partial charge is 0.165 e. The van der Waals surface area contributed by atoms with Crippen LogP contribution in [0.2, 0.25) is 0 Å². The van der Waals surface area contributed by atoms with Crippen molar-refractivity contribution in [3.8, 4) is 16.3 Å². The van der Waals surface area contributed by atoms with E-state index in [2.05, 4.69) is 20.9 Å². The van der Waals surface area contributed by atoms with Crippen LogP contribution in [0.25, 0.3) is 10.6 Å². The van der Waals surface area contributed by atoms with E-state index >= 15 is 0 Å². The van der Waals surface area contributed by atoms with Gasteiger partial charge in [-0.3, -0.25) is 0 Å². The summed E-state index contributed by atoms with van der Waals surface area (Å²) in [7, 11) is 1.45. The summed E-state index contributed by atoms with van der Waals surface area (Å²) in [4.78, 5) is 5.38. The molecule has 16 heavy (non-hydrogen) atoms. The third-order valence-electron chi connectivity index (χ3n) is 2.14. The Balaban J connectivity index is 2.45. The van der Waals surface area contributed by atoms with Crippen LogP contribution in [-0.2, 0) is 0 Å². The summed E-state index contributed by atoms with van der Waals surface area (Å²) in [5.74, 6) is -0.125. The molecule has 0 N–H and O–H groups in total. The van der Waals surface area contributed by atoms with Crippen LogP contribution in [0.15, 0.2) is 22.8 Å². The summed E-state index contributed by atoms with van der Waals surface area (Å²) in [5.41, 5.74) is 0.761. The summed E-state index contributed by atoms with van der Waals surface area (Å²) in [6.07, 6.45) is 0. The Morgan fingerprint density at radius 1 is 1.44 bits per heavy atom. The average molecular weight is 302 g/mol. The van der Waals surface area contributed by atoms with Gasteiger partial charge in [0.25, 0.3) is 0 Å². The minimum atomic E-state index is -0.371. The Morgan fingerprint density at radius 3 is 2.69 bits per heavy atom. The molecule has 0 aliphatic carbocycles. The molecule has 1 heterocycles. The number of aryl methyl sites for hydroxylation is 1. The standard InChI is InChI=1S/C11H9BrFNOS/c1-6-10(12)14-11(16-6)7-3-4-9(15-2)8(13)5-7/h3-5H,1-2H3. The van der Waals surface area contributed by atoms with E-state index in [1.165, 1.54) is 24.5 Å². The van der Waals surface area contributed by atoms with Crippen molar-refractivity contribution in [2.24, 2.45) is 0 Å². The first-order valence-corrected chi connectivity index (χ1v) is 6.19. The van der Waals surface area contributed by atoms with E-state index in [0.29, 0.717) is 0 Å². The van der Waals surface area contributed by atoms with E-state index in [1.54, 1.807) is 12.1 Å². The van der Waals surface area contributed by atoms with Crippen LogP contribution in [-0.4, -0.2) is 12.1 Å². The highest BCUT2D eigenvalue weighted by Gasteiger charge is 2.10. The molecule has 0 fully saturated rings. The van der Waals surface area contributed by atoms with Gasteiger partial charge in [0, 0.05) is 10.4 Å². The lowest BCUT2D eigenvalue weighted by Crippen LogP contribution is -1.88. The average Bonchev–Trinajstić information content (AvgIpc) is 2.59. The van der Waals surface area contributed by atoms with Crippen LogP contribution in [0, 0.1) is 12.7 Å². The van der Waals surface area contributed by atoms with E-state index < -0.39 is 0 Å². The molecule has 0 spiro atoms. The van der Waals surface area contributed by atoms with Crippen LogP contribution in [0.5, 0.6) is 5.75 Å². The van der Waals surface area contributed by atoms with Crippen molar-refractivity contribution in [1.82, 2.24) is 4.98 Å². The molecule has 1 aromatic carbocycles. The SMILES string of the molecule is COc1ccc(-c2nc(Br)c(C)s2)cc1F. The lowest BCUT2D eigenvalue weighted by Gasteiger charge is -2.02. The second kappa shape index (κ2) is 4.51. The van der Waals surface area contributed by atoms with Gasteiger partial charge in [0.15, 0.2) is 11.6 Å². The maximum atomic E-state index is 13.5. The zero-order chi connectivity index (χ0) is 11.7. The first-order chi connectivity index (χ1) is 7.61. The number of nitrogens with zero attached hydrogens (tertiary/aromatic N) is 1. The zero-order valence-corrected chi connectivity index (χ0v) is 11.2. The molecule has 0 atom stereocenters. The van der Waals surface area contributed by atoms with Gasteiger partial charge in [-0.25, -0.2) is 9.37 Å². The first kappa shape index (κ1) is 11.5. The summed E-state index contributed by atoms with van der Waals surface area (Å²) in [6.45, 7) is 1.96. The quantitative estimate of drug-likeness (QED) is 0.835. The fourth-order valence-electron chi connectivity index (χ4n) is 1.30. The van der Waals surface area contributed by atoms with Gasteiger partial charge in [0.05, 0.1) is 7.11 Å². The minimum Gasteiger partial charge on any atom is -0.494 e. The van der Waals surface area contributed by atoms with Gasteiger partial charge in [0.1, 0.15) is 9.61 Å². The van der Waals surface area contributed by atoms with Gasteiger partial charge in [0.2, 0.25) is 0 Å². The van der Waals surface area contributed by atoms with Crippen LogP contribution in [0.1, 0.15) is 4.88 Å². The highest BCUT2D eigenvalue weighted by molar-refractivity contribution is 9.10. The predicted octanol–water partition coefficient (Wildman–Crippen LogP) is 4.03. The van der Waals surface area contributed by atoms with E-state index in [0.717, 1.165) is 20.1 Å². The number of aromatic nitrogens is 1. The molecule has 2 nitrogen and oxygen atoms in total. The number of ether oxygens (including phenoxy) is 1. The van der Waals surface area contributed by atoms with Gasteiger partial charge in [-0.15, -0.1) is 11.3 Å². The molecule has 0 amide bonds. The normalized spacial score (nSPS) is 10.5. The zero-order valence-electron chi connectivity index (χ0n) is 8.75. The molecule has 0 saturated carbocycles. The monoisotopic (exact) mass is 301 g/mol. The molecule has 0 radical (unpaired) electrons. The van der Waals surface area contributed by atoms with Gasteiger partial charge < -0.3 is 4.74 Å². The fourth-order valence-corrected chi connectivity index (χ4v) is 2.64. The van der Waals surface area contributed by atoms with Gasteiger partial charge in [-0.05, 0) is 41.1 Å². The predicted molar refractivity (Wildman–Crippen MR) is 66.5 cm³/mol. The number of rotatable bonds is 2. The van der Waals surface area contributed by atoms with Crippen LogP contribution >= 0.6 is 27.3 Å². The molecule has 0 unspecified atom stereocenters. The largest absolute Gasteiger partial charge is 0.494 e. The molecular weight excluding hydrogens is 293 g/mol. The third-order valence-corrected chi connectivity index (χ3v) is 4.19. The van der Waals surface area contributed by atoms with Gasteiger partial charge in [-0.1, -0.05) is 0 Å². The second-order valence-corrected chi connectivity index (χ2v) is 5.17. The Morgan fingerprint density at radius 2 is 2.19 bits per heavy atom. The van der Waals surface area contributed by atoms with Gasteiger partial charge in [-0.2, -0.15) is 0 Å². The van der Waals surface area contributed by atoms with Crippen molar-refractivity contribution >= 4 is 27.3 Å². The molecule has 2 rings (SSSR count). The number of benzene rings is 1. The van der Waals surface area contributed by atoms with Gasteiger partial charge >= 0.3 is 0 Å². The van der Waals surface area contributed by atoms with Crippen molar-refractivity contribution in [3.63, 3.8) is 0 Å². The molecule has 0 aliphatic heterocycles. The lowest BCUT2D eigenvalue weighted by molar-refractivity contribution is 0.386.